The molecule has 25 heavy (non-hydrogen) atoms. The molecule has 1 N–H and O–H groups in total. The first kappa shape index (κ1) is 17.9. The second-order valence-corrected chi connectivity index (χ2v) is 7.29. The van der Waals surface area contributed by atoms with Crippen molar-refractivity contribution in [2.45, 2.75) is 50.7 Å². The minimum absolute atomic E-state index is 0.0887. The van der Waals surface area contributed by atoms with Gasteiger partial charge < -0.3 is 19.2 Å². The van der Waals surface area contributed by atoms with Crippen molar-refractivity contribution >= 4 is 6.01 Å². The first-order valence-corrected chi connectivity index (χ1v) is 8.78. The van der Waals surface area contributed by atoms with Crippen LogP contribution in [0.15, 0.2) is 34.7 Å². The number of aromatic nitrogens is 2. The highest BCUT2D eigenvalue weighted by atomic mass is 16.5. The van der Waals surface area contributed by atoms with Gasteiger partial charge in [-0.3, -0.25) is 0 Å². The second kappa shape index (κ2) is 7.54. The molecule has 1 aliphatic heterocycles. The minimum atomic E-state index is -0.121. The molecule has 0 radical (unpaired) electrons. The highest BCUT2D eigenvalue weighted by molar-refractivity contribution is 5.28. The van der Waals surface area contributed by atoms with Gasteiger partial charge in [0.05, 0.1) is 5.60 Å². The summed E-state index contributed by atoms with van der Waals surface area (Å²) in [5.41, 5.74) is 1.34. The van der Waals surface area contributed by atoms with Gasteiger partial charge >= 0.3 is 6.01 Å². The van der Waals surface area contributed by atoms with Crippen LogP contribution in [0.4, 0.5) is 6.01 Å². The van der Waals surface area contributed by atoms with Gasteiger partial charge in [-0.05, 0) is 38.7 Å². The van der Waals surface area contributed by atoms with Crippen LogP contribution in [0.2, 0.25) is 0 Å². The van der Waals surface area contributed by atoms with Crippen molar-refractivity contribution in [3.63, 3.8) is 0 Å². The summed E-state index contributed by atoms with van der Waals surface area (Å²) in [5.74, 6) is 0.481. The fraction of sp³-hybridized carbons (Fsp3) is 0.579. The van der Waals surface area contributed by atoms with Crippen molar-refractivity contribution in [3.05, 3.63) is 41.8 Å². The number of nitrogens with one attached hydrogen (secondary N) is 1. The SMILES string of the molecule is COCc1nnc(NCCC2(c3ccccc3)CCOC(C)(C)C2)o1. The summed E-state index contributed by atoms with van der Waals surface area (Å²) >= 11 is 0. The predicted octanol–water partition coefficient (Wildman–Crippen LogP) is 3.55. The average Bonchev–Trinajstić information content (AvgIpc) is 3.03. The van der Waals surface area contributed by atoms with Gasteiger partial charge in [-0.1, -0.05) is 35.4 Å². The Hall–Kier alpha value is -1.92. The molecule has 1 atom stereocenters. The summed E-state index contributed by atoms with van der Waals surface area (Å²) in [5, 5.41) is 11.2. The minimum Gasteiger partial charge on any atom is -0.406 e. The normalized spacial score (nSPS) is 22.7. The fourth-order valence-corrected chi connectivity index (χ4v) is 3.79. The fourth-order valence-electron chi connectivity index (χ4n) is 3.79. The first-order chi connectivity index (χ1) is 12.0. The third-order valence-electron chi connectivity index (χ3n) is 4.84. The molecule has 6 nitrogen and oxygen atoms in total. The number of benzene rings is 1. The number of anilines is 1. The van der Waals surface area contributed by atoms with Crippen LogP contribution < -0.4 is 5.32 Å². The highest BCUT2D eigenvalue weighted by Crippen LogP contribution is 2.43. The van der Waals surface area contributed by atoms with Gasteiger partial charge in [0.2, 0.25) is 5.89 Å². The van der Waals surface area contributed by atoms with Crippen molar-refractivity contribution < 1.29 is 13.9 Å². The molecule has 1 fully saturated rings. The predicted molar refractivity (Wildman–Crippen MR) is 95.5 cm³/mol. The number of methoxy groups -OCH3 is 1. The van der Waals surface area contributed by atoms with Crippen LogP contribution >= 0.6 is 0 Å². The Morgan fingerprint density at radius 2 is 2.00 bits per heavy atom. The highest BCUT2D eigenvalue weighted by Gasteiger charge is 2.41. The smallest absolute Gasteiger partial charge is 0.315 e. The quantitative estimate of drug-likeness (QED) is 0.828. The van der Waals surface area contributed by atoms with Gasteiger partial charge in [0, 0.05) is 25.7 Å². The number of hydrogen-bond donors (Lipinski definition) is 1. The van der Waals surface area contributed by atoms with Crippen molar-refractivity contribution in [3.8, 4) is 0 Å². The first-order valence-electron chi connectivity index (χ1n) is 8.78. The number of ether oxygens (including phenoxy) is 2. The summed E-state index contributed by atoms with van der Waals surface area (Å²) < 4.78 is 16.5. The monoisotopic (exact) mass is 345 g/mol. The molecule has 1 aromatic heterocycles. The standard InChI is InChI=1S/C19H27N3O3/c1-18(2)14-19(10-12-24-18,15-7-5-4-6-8-15)9-11-20-17-22-21-16(25-17)13-23-3/h4-8H,9-14H2,1-3H3,(H,20,22). The number of rotatable bonds is 7. The molecule has 2 aromatic rings. The maximum atomic E-state index is 5.96. The molecule has 136 valence electrons. The van der Waals surface area contributed by atoms with E-state index in [1.807, 2.05) is 0 Å². The summed E-state index contributed by atoms with van der Waals surface area (Å²) in [4.78, 5) is 0. The second-order valence-electron chi connectivity index (χ2n) is 7.29. The Balaban J connectivity index is 1.70. The van der Waals surface area contributed by atoms with Crippen LogP contribution in [-0.4, -0.2) is 36.1 Å². The maximum Gasteiger partial charge on any atom is 0.315 e. The van der Waals surface area contributed by atoms with Crippen LogP contribution in [0.25, 0.3) is 0 Å². The van der Waals surface area contributed by atoms with Crippen LogP contribution in [-0.2, 0) is 21.5 Å². The Morgan fingerprint density at radius 1 is 1.20 bits per heavy atom. The van der Waals surface area contributed by atoms with Crippen molar-refractivity contribution in [2.24, 2.45) is 0 Å². The molecule has 0 aliphatic carbocycles. The molecule has 1 aliphatic rings. The van der Waals surface area contributed by atoms with Crippen molar-refractivity contribution in [1.29, 1.82) is 0 Å². The summed E-state index contributed by atoms with van der Waals surface area (Å²) in [6, 6.07) is 11.2. The largest absolute Gasteiger partial charge is 0.406 e. The van der Waals surface area contributed by atoms with Gasteiger partial charge in [0.15, 0.2) is 0 Å². The van der Waals surface area contributed by atoms with Crippen LogP contribution in [0.5, 0.6) is 0 Å². The third-order valence-corrected chi connectivity index (χ3v) is 4.84. The van der Waals surface area contributed by atoms with Crippen LogP contribution in [0.3, 0.4) is 0 Å². The topological polar surface area (TPSA) is 69.4 Å². The Morgan fingerprint density at radius 3 is 2.72 bits per heavy atom. The van der Waals surface area contributed by atoms with E-state index in [0.717, 1.165) is 32.4 Å². The van der Waals surface area contributed by atoms with Crippen LogP contribution in [0.1, 0.15) is 44.6 Å². The van der Waals surface area contributed by atoms with Gasteiger partial charge in [-0.15, -0.1) is 5.10 Å². The number of nitrogens with zero attached hydrogens (tertiary/aromatic N) is 2. The molecular weight excluding hydrogens is 318 g/mol. The molecular formula is C19H27N3O3. The van der Waals surface area contributed by atoms with Crippen molar-refractivity contribution in [2.75, 3.05) is 25.6 Å². The molecule has 1 saturated heterocycles. The lowest BCUT2D eigenvalue weighted by molar-refractivity contribution is -0.0835. The van der Waals surface area contributed by atoms with E-state index in [-0.39, 0.29) is 11.0 Å². The molecule has 0 saturated carbocycles. The van der Waals surface area contributed by atoms with Gasteiger partial charge in [0.1, 0.15) is 6.61 Å². The summed E-state index contributed by atoms with van der Waals surface area (Å²) in [6.07, 6.45) is 2.98. The van der Waals surface area contributed by atoms with Crippen LogP contribution in [0, 0.1) is 0 Å². The third kappa shape index (κ3) is 4.38. The molecule has 1 aromatic carbocycles. The molecule has 3 rings (SSSR count). The lowest BCUT2D eigenvalue weighted by atomic mass is 9.67. The molecule has 1 unspecified atom stereocenters. The van der Waals surface area contributed by atoms with E-state index < -0.39 is 0 Å². The molecule has 0 bridgehead atoms. The van der Waals surface area contributed by atoms with E-state index in [1.54, 1.807) is 7.11 Å². The zero-order chi connectivity index (χ0) is 17.8. The molecule has 0 amide bonds. The summed E-state index contributed by atoms with van der Waals surface area (Å²) in [6.45, 7) is 6.22. The Bertz CT molecular complexity index is 672. The Labute approximate surface area is 148 Å². The zero-order valence-electron chi connectivity index (χ0n) is 15.2. The maximum absolute atomic E-state index is 5.96. The van der Waals surface area contributed by atoms with E-state index >= 15 is 0 Å². The number of hydrogen-bond acceptors (Lipinski definition) is 6. The van der Waals surface area contributed by atoms with Gasteiger partial charge in [-0.2, -0.15) is 0 Å². The van der Waals surface area contributed by atoms with Gasteiger partial charge in [-0.25, -0.2) is 0 Å². The molecule has 6 heteroatoms. The van der Waals surface area contributed by atoms with E-state index in [4.69, 9.17) is 13.9 Å². The lowest BCUT2D eigenvalue weighted by Crippen LogP contribution is -2.44. The van der Waals surface area contributed by atoms with E-state index in [2.05, 4.69) is 59.7 Å². The van der Waals surface area contributed by atoms with Crippen molar-refractivity contribution in [1.82, 2.24) is 10.2 Å². The molecule has 2 heterocycles. The molecule has 0 spiro atoms. The van der Waals surface area contributed by atoms with E-state index in [9.17, 15) is 0 Å². The average molecular weight is 345 g/mol. The van der Waals surface area contributed by atoms with Gasteiger partial charge in [0.25, 0.3) is 0 Å². The lowest BCUT2D eigenvalue weighted by Gasteiger charge is -2.45. The zero-order valence-corrected chi connectivity index (χ0v) is 15.2. The van der Waals surface area contributed by atoms with E-state index in [0.29, 0.717) is 18.5 Å². The Kier molecular flexibility index (Phi) is 5.39. The van der Waals surface area contributed by atoms with E-state index in [1.165, 1.54) is 5.56 Å². The summed E-state index contributed by atoms with van der Waals surface area (Å²) in [7, 11) is 1.60.